The SMILES string of the molecule is CC1(C)CC2(CN(Cc3ccccc3)c3ccccc32)c2cc3c(cc2O1)OCO3. The Morgan fingerprint density at radius 2 is 1.57 bits per heavy atom. The predicted octanol–water partition coefficient (Wildman–Crippen LogP) is 5.28. The van der Waals surface area contributed by atoms with E-state index in [9.17, 15) is 0 Å². The van der Waals surface area contributed by atoms with Crippen LogP contribution in [0.25, 0.3) is 0 Å². The monoisotopic (exact) mass is 399 g/mol. The molecule has 0 bridgehead atoms. The van der Waals surface area contributed by atoms with E-state index in [2.05, 4.69) is 79.4 Å². The lowest BCUT2D eigenvalue weighted by Crippen LogP contribution is -2.47. The lowest BCUT2D eigenvalue weighted by Gasteiger charge is -2.44. The quantitative estimate of drug-likeness (QED) is 0.586. The van der Waals surface area contributed by atoms with Gasteiger partial charge in [0.1, 0.15) is 11.4 Å². The van der Waals surface area contributed by atoms with Crippen LogP contribution in [0.3, 0.4) is 0 Å². The fraction of sp³-hybridized carbons (Fsp3) is 0.308. The summed E-state index contributed by atoms with van der Waals surface area (Å²) in [6.07, 6.45) is 0.912. The highest BCUT2D eigenvalue weighted by atomic mass is 16.7. The van der Waals surface area contributed by atoms with E-state index in [1.54, 1.807) is 0 Å². The number of ether oxygens (including phenoxy) is 3. The summed E-state index contributed by atoms with van der Waals surface area (Å²) in [5.74, 6) is 2.50. The van der Waals surface area contributed by atoms with Gasteiger partial charge in [0.05, 0.1) is 0 Å². The zero-order chi connectivity index (χ0) is 20.3. The van der Waals surface area contributed by atoms with Crippen LogP contribution in [0.1, 0.15) is 37.0 Å². The summed E-state index contributed by atoms with van der Waals surface area (Å²) >= 11 is 0. The van der Waals surface area contributed by atoms with Crippen molar-refractivity contribution in [3.63, 3.8) is 0 Å². The third kappa shape index (κ3) is 2.59. The molecule has 0 saturated heterocycles. The van der Waals surface area contributed by atoms with Crippen LogP contribution in [0.4, 0.5) is 5.69 Å². The number of hydrogen-bond donors (Lipinski definition) is 0. The Labute approximate surface area is 177 Å². The number of para-hydroxylation sites is 1. The van der Waals surface area contributed by atoms with E-state index in [0.29, 0.717) is 0 Å². The van der Waals surface area contributed by atoms with Gasteiger partial charge in [-0.1, -0.05) is 48.5 Å². The van der Waals surface area contributed by atoms with E-state index in [1.165, 1.54) is 22.4 Å². The molecule has 3 heterocycles. The second-order valence-electron chi connectivity index (χ2n) is 9.18. The van der Waals surface area contributed by atoms with Crippen LogP contribution in [-0.4, -0.2) is 18.9 Å². The third-order valence-corrected chi connectivity index (χ3v) is 6.54. The van der Waals surface area contributed by atoms with Crippen molar-refractivity contribution >= 4 is 5.69 Å². The smallest absolute Gasteiger partial charge is 0.231 e. The minimum Gasteiger partial charge on any atom is -0.487 e. The van der Waals surface area contributed by atoms with Gasteiger partial charge in [0, 0.05) is 42.2 Å². The van der Waals surface area contributed by atoms with Gasteiger partial charge in [-0.3, -0.25) is 0 Å². The van der Waals surface area contributed by atoms with E-state index < -0.39 is 0 Å². The molecule has 4 heteroatoms. The second-order valence-corrected chi connectivity index (χ2v) is 9.18. The molecule has 0 fully saturated rings. The van der Waals surface area contributed by atoms with Gasteiger partial charge >= 0.3 is 0 Å². The average Bonchev–Trinajstić information content (AvgIpc) is 3.30. The molecular formula is C26H25NO3. The lowest BCUT2D eigenvalue weighted by atomic mass is 9.67. The Morgan fingerprint density at radius 3 is 2.40 bits per heavy atom. The number of hydrogen-bond acceptors (Lipinski definition) is 4. The largest absolute Gasteiger partial charge is 0.487 e. The molecule has 3 aliphatic rings. The van der Waals surface area contributed by atoms with Crippen molar-refractivity contribution in [3.05, 3.63) is 83.4 Å². The molecule has 3 aromatic rings. The molecule has 1 atom stereocenters. The average molecular weight is 399 g/mol. The van der Waals surface area contributed by atoms with E-state index in [-0.39, 0.29) is 17.8 Å². The maximum atomic E-state index is 6.45. The fourth-order valence-electron chi connectivity index (χ4n) is 5.51. The van der Waals surface area contributed by atoms with Crippen LogP contribution in [0.2, 0.25) is 0 Å². The van der Waals surface area contributed by atoms with Crippen molar-refractivity contribution < 1.29 is 14.2 Å². The summed E-state index contributed by atoms with van der Waals surface area (Å²) in [6, 6.07) is 23.7. The van der Waals surface area contributed by atoms with Crippen molar-refractivity contribution in [1.82, 2.24) is 0 Å². The van der Waals surface area contributed by atoms with Gasteiger partial charge in [0.15, 0.2) is 11.5 Å². The maximum Gasteiger partial charge on any atom is 0.231 e. The van der Waals surface area contributed by atoms with Gasteiger partial charge < -0.3 is 19.1 Å². The number of fused-ring (bicyclic) bond motifs is 5. The minimum atomic E-state index is -0.281. The summed E-state index contributed by atoms with van der Waals surface area (Å²) < 4.78 is 17.8. The van der Waals surface area contributed by atoms with Crippen molar-refractivity contribution in [2.24, 2.45) is 0 Å². The van der Waals surface area contributed by atoms with Gasteiger partial charge in [0.25, 0.3) is 0 Å². The molecule has 6 rings (SSSR count). The highest BCUT2D eigenvalue weighted by Gasteiger charge is 2.52. The molecule has 0 radical (unpaired) electrons. The molecule has 0 amide bonds. The maximum absolute atomic E-state index is 6.45. The predicted molar refractivity (Wildman–Crippen MR) is 117 cm³/mol. The normalized spacial score (nSPS) is 22.5. The highest BCUT2D eigenvalue weighted by Crippen LogP contribution is 2.57. The summed E-state index contributed by atoms with van der Waals surface area (Å²) in [6.45, 7) is 6.45. The van der Waals surface area contributed by atoms with E-state index in [1.807, 2.05) is 6.07 Å². The van der Waals surface area contributed by atoms with Gasteiger partial charge in [-0.2, -0.15) is 0 Å². The lowest BCUT2D eigenvalue weighted by molar-refractivity contribution is 0.0573. The summed E-state index contributed by atoms with van der Waals surface area (Å²) in [7, 11) is 0. The molecule has 4 nitrogen and oxygen atoms in total. The first-order valence-corrected chi connectivity index (χ1v) is 10.6. The Hall–Kier alpha value is -3.14. The number of anilines is 1. The van der Waals surface area contributed by atoms with Gasteiger partial charge in [-0.05, 0) is 37.1 Å². The molecular weight excluding hydrogens is 374 g/mol. The Balaban J connectivity index is 1.52. The molecule has 152 valence electrons. The first-order chi connectivity index (χ1) is 14.5. The topological polar surface area (TPSA) is 30.9 Å². The van der Waals surface area contributed by atoms with Crippen molar-refractivity contribution in [2.75, 3.05) is 18.2 Å². The van der Waals surface area contributed by atoms with Crippen LogP contribution in [0, 0.1) is 0 Å². The summed E-state index contributed by atoms with van der Waals surface area (Å²) in [4.78, 5) is 2.51. The summed E-state index contributed by atoms with van der Waals surface area (Å²) in [5, 5.41) is 0. The van der Waals surface area contributed by atoms with Crippen LogP contribution in [0.5, 0.6) is 17.2 Å². The Kier molecular flexibility index (Phi) is 3.64. The van der Waals surface area contributed by atoms with Gasteiger partial charge in [0.2, 0.25) is 6.79 Å². The molecule has 30 heavy (non-hydrogen) atoms. The molecule has 0 aromatic heterocycles. The van der Waals surface area contributed by atoms with Crippen LogP contribution in [0.15, 0.2) is 66.7 Å². The third-order valence-electron chi connectivity index (χ3n) is 6.54. The molecule has 1 spiro atoms. The van der Waals surface area contributed by atoms with Crippen molar-refractivity contribution in [2.45, 2.75) is 37.8 Å². The van der Waals surface area contributed by atoms with Crippen LogP contribution < -0.4 is 19.1 Å². The van der Waals surface area contributed by atoms with E-state index >= 15 is 0 Å². The minimum absolute atomic E-state index is 0.149. The summed E-state index contributed by atoms with van der Waals surface area (Å²) in [5.41, 5.74) is 4.77. The van der Waals surface area contributed by atoms with Crippen LogP contribution >= 0.6 is 0 Å². The molecule has 0 aliphatic carbocycles. The van der Waals surface area contributed by atoms with Crippen molar-refractivity contribution in [3.8, 4) is 17.2 Å². The van der Waals surface area contributed by atoms with E-state index in [0.717, 1.165) is 36.8 Å². The highest BCUT2D eigenvalue weighted by molar-refractivity contribution is 5.70. The molecule has 0 saturated carbocycles. The number of nitrogens with zero attached hydrogens (tertiary/aromatic N) is 1. The molecule has 0 N–H and O–H groups in total. The zero-order valence-corrected chi connectivity index (χ0v) is 17.4. The van der Waals surface area contributed by atoms with Crippen molar-refractivity contribution in [1.29, 1.82) is 0 Å². The Morgan fingerprint density at radius 1 is 0.833 bits per heavy atom. The molecule has 3 aliphatic heterocycles. The number of benzene rings is 3. The Bertz CT molecular complexity index is 1120. The second kappa shape index (κ2) is 6.18. The zero-order valence-electron chi connectivity index (χ0n) is 17.4. The van der Waals surface area contributed by atoms with Gasteiger partial charge in [-0.25, -0.2) is 0 Å². The molecule has 3 aromatic carbocycles. The number of rotatable bonds is 2. The fourth-order valence-corrected chi connectivity index (χ4v) is 5.51. The van der Waals surface area contributed by atoms with Gasteiger partial charge in [-0.15, -0.1) is 0 Å². The van der Waals surface area contributed by atoms with Crippen LogP contribution in [-0.2, 0) is 12.0 Å². The van der Waals surface area contributed by atoms with E-state index in [4.69, 9.17) is 14.2 Å². The first kappa shape index (κ1) is 17.7. The molecule has 1 unspecified atom stereocenters. The standard InChI is InChI=1S/C26H25NO3/c1-25(2)15-26(20-12-23-24(29-17-28-23)13-22(20)30-25)16-27(14-18-8-4-3-5-9-18)21-11-7-6-10-19(21)26/h3-13H,14-17H2,1-2H3. The first-order valence-electron chi connectivity index (χ1n) is 10.6.